The third kappa shape index (κ3) is 9.44. The molecular weight excluding hydrogens is 520 g/mol. The van der Waals surface area contributed by atoms with Crippen LogP contribution in [0.5, 0.6) is 0 Å². The molecule has 4 rings (SSSR count). The molecule has 3 aliphatic rings. The lowest BCUT2D eigenvalue weighted by Crippen LogP contribution is -2.45. The summed E-state index contributed by atoms with van der Waals surface area (Å²) < 4.78 is 69.2. The third-order valence-electron chi connectivity index (χ3n) is 5.67. The second-order valence-electron chi connectivity index (χ2n) is 8.35. The summed E-state index contributed by atoms with van der Waals surface area (Å²) in [5.41, 5.74) is 1.27. The van der Waals surface area contributed by atoms with Crippen LogP contribution in [-0.2, 0) is 30.5 Å². The molecular formula is C21H25F6N3O7. The average Bonchev–Trinajstić information content (AvgIpc) is 3.48. The first-order valence-corrected chi connectivity index (χ1v) is 10.9. The number of carbonyl (C=O) groups excluding carboxylic acids is 1. The minimum Gasteiger partial charge on any atom is -0.475 e. The summed E-state index contributed by atoms with van der Waals surface area (Å²) in [7, 11) is 0. The second-order valence-corrected chi connectivity index (χ2v) is 8.35. The predicted molar refractivity (Wildman–Crippen MR) is 110 cm³/mol. The van der Waals surface area contributed by atoms with Crippen LogP contribution in [0, 0.1) is 17.8 Å². The highest BCUT2D eigenvalue weighted by atomic mass is 19.4. The number of aliphatic carboxylic acids is 2. The number of hydrogen-bond donors (Lipinski definition) is 2. The SMILES string of the molecule is O=C(O)C(F)(F)F.O=C(O)C(F)(F)F.O=C([C@@H]1COC[C@H]2CN(Cc3ccncc3)C[C@H]21)N1CCCO1. The van der Waals surface area contributed by atoms with E-state index in [0.29, 0.717) is 31.6 Å². The van der Waals surface area contributed by atoms with Gasteiger partial charge >= 0.3 is 24.3 Å². The van der Waals surface area contributed by atoms with Crippen molar-refractivity contribution < 1.29 is 60.5 Å². The molecule has 16 heteroatoms. The fourth-order valence-electron chi connectivity index (χ4n) is 4.03. The fourth-order valence-corrected chi connectivity index (χ4v) is 4.03. The van der Waals surface area contributed by atoms with Crippen LogP contribution >= 0.6 is 0 Å². The number of alkyl halides is 6. The van der Waals surface area contributed by atoms with E-state index in [4.69, 9.17) is 29.4 Å². The van der Waals surface area contributed by atoms with Crippen LogP contribution in [0.4, 0.5) is 26.3 Å². The van der Waals surface area contributed by atoms with Crippen molar-refractivity contribution >= 4 is 17.8 Å². The number of carboxylic acids is 2. The van der Waals surface area contributed by atoms with Crippen LogP contribution in [0.2, 0.25) is 0 Å². The Morgan fingerprint density at radius 2 is 1.54 bits per heavy atom. The maximum atomic E-state index is 12.7. The van der Waals surface area contributed by atoms with Gasteiger partial charge in [-0.3, -0.25) is 19.5 Å². The van der Waals surface area contributed by atoms with Crippen molar-refractivity contribution in [1.29, 1.82) is 0 Å². The maximum absolute atomic E-state index is 12.7. The van der Waals surface area contributed by atoms with E-state index in [1.54, 1.807) is 5.06 Å². The van der Waals surface area contributed by atoms with Gasteiger partial charge in [-0.2, -0.15) is 26.3 Å². The summed E-state index contributed by atoms with van der Waals surface area (Å²) in [5, 5.41) is 15.8. The zero-order chi connectivity index (χ0) is 27.8. The van der Waals surface area contributed by atoms with Crippen molar-refractivity contribution in [3.8, 4) is 0 Å². The topological polar surface area (TPSA) is 129 Å². The average molecular weight is 545 g/mol. The van der Waals surface area contributed by atoms with Crippen molar-refractivity contribution in [3.63, 3.8) is 0 Å². The quantitative estimate of drug-likeness (QED) is 0.550. The first-order chi connectivity index (χ1) is 17.2. The molecule has 0 aromatic carbocycles. The van der Waals surface area contributed by atoms with Gasteiger partial charge in [0.1, 0.15) is 0 Å². The largest absolute Gasteiger partial charge is 0.490 e. The first-order valence-electron chi connectivity index (χ1n) is 10.9. The number of rotatable bonds is 3. The second kappa shape index (κ2) is 13.0. The van der Waals surface area contributed by atoms with E-state index in [0.717, 1.165) is 32.7 Å². The van der Waals surface area contributed by atoms with Crippen LogP contribution in [0.25, 0.3) is 0 Å². The highest BCUT2D eigenvalue weighted by Gasteiger charge is 2.45. The molecule has 0 spiro atoms. The summed E-state index contributed by atoms with van der Waals surface area (Å²) >= 11 is 0. The van der Waals surface area contributed by atoms with Gasteiger partial charge in [0.05, 0.1) is 32.3 Å². The van der Waals surface area contributed by atoms with E-state index < -0.39 is 24.3 Å². The minimum atomic E-state index is -5.08. The van der Waals surface area contributed by atoms with Gasteiger partial charge in [-0.1, -0.05) is 0 Å². The molecule has 208 valence electrons. The zero-order valence-corrected chi connectivity index (χ0v) is 19.2. The van der Waals surface area contributed by atoms with E-state index in [-0.39, 0.29) is 11.8 Å². The van der Waals surface area contributed by atoms with Crippen LogP contribution in [-0.4, -0.2) is 94.8 Å². The Hall–Kier alpha value is -2.98. The molecule has 1 aromatic rings. The fraction of sp³-hybridized carbons (Fsp3) is 0.619. The highest BCUT2D eigenvalue weighted by Crippen LogP contribution is 2.36. The van der Waals surface area contributed by atoms with E-state index in [9.17, 15) is 31.1 Å². The van der Waals surface area contributed by atoms with Gasteiger partial charge in [0, 0.05) is 32.0 Å². The molecule has 3 aliphatic heterocycles. The number of ether oxygens (including phenoxy) is 1. The Morgan fingerprint density at radius 1 is 0.973 bits per heavy atom. The summed E-state index contributed by atoms with van der Waals surface area (Å²) in [6.07, 6.45) is -5.57. The molecule has 0 unspecified atom stereocenters. The lowest BCUT2D eigenvalue weighted by Gasteiger charge is -2.33. The van der Waals surface area contributed by atoms with Gasteiger partial charge in [0.25, 0.3) is 5.91 Å². The van der Waals surface area contributed by atoms with Crippen molar-refractivity contribution in [2.45, 2.75) is 25.3 Å². The van der Waals surface area contributed by atoms with Gasteiger partial charge in [0.15, 0.2) is 0 Å². The Morgan fingerprint density at radius 3 is 2.03 bits per heavy atom. The Balaban J connectivity index is 0.000000286. The molecule has 0 radical (unpaired) electrons. The van der Waals surface area contributed by atoms with Crippen LogP contribution in [0.3, 0.4) is 0 Å². The summed E-state index contributed by atoms with van der Waals surface area (Å²) in [5.74, 6) is -4.64. The first kappa shape index (κ1) is 30.2. The van der Waals surface area contributed by atoms with Crippen molar-refractivity contribution in [1.82, 2.24) is 14.9 Å². The van der Waals surface area contributed by atoms with E-state index >= 15 is 0 Å². The van der Waals surface area contributed by atoms with E-state index in [2.05, 4.69) is 22.0 Å². The number of nitrogens with zero attached hydrogens (tertiary/aromatic N) is 3. The standard InChI is InChI=1S/C17H23N3O3.2C2HF3O2/c21-17(20-6-1-7-23-20)16-12-22-11-14-9-19(10-15(14)16)8-13-2-4-18-5-3-13;2*3-2(4,5)1(6)7/h2-5,14-16H,1,6-12H2;2*(H,6,7)/t14-,15-,16-;;/m1../s1. The molecule has 4 heterocycles. The van der Waals surface area contributed by atoms with E-state index in [1.165, 1.54) is 5.56 Å². The number of fused-ring (bicyclic) bond motifs is 1. The van der Waals surface area contributed by atoms with Crippen LogP contribution in [0.15, 0.2) is 24.5 Å². The smallest absolute Gasteiger partial charge is 0.475 e. The van der Waals surface area contributed by atoms with Gasteiger partial charge < -0.3 is 14.9 Å². The molecule has 10 nitrogen and oxygen atoms in total. The van der Waals surface area contributed by atoms with Crippen LogP contribution < -0.4 is 0 Å². The maximum Gasteiger partial charge on any atom is 0.490 e. The van der Waals surface area contributed by atoms with Crippen molar-refractivity contribution in [2.24, 2.45) is 17.8 Å². The van der Waals surface area contributed by atoms with Crippen molar-refractivity contribution in [3.05, 3.63) is 30.1 Å². The molecule has 1 amide bonds. The zero-order valence-electron chi connectivity index (χ0n) is 19.2. The monoisotopic (exact) mass is 545 g/mol. The summed E-state index contributed by atoms with van der Waals surface area (Å²) in [4.78, 5) is 42.4. The molecule has 3 saturated heterocycles. The van der Waals surface area contributed by atoms with Gasteiger partial charge in [-0.05, 0) is 36.0 Å². The normalized spacial score (nSPS) is 23.7. The molecule has 3 atom stereocenters. The molecule has 1 aromatic heterocycles. The Labute approximate surface area is 206 Å². The molecule has 3 fully saturated rings. The molecule has 37 heavy (non-hydrogen) atoms. The number of pyridine rings is 1. The lowest BCUT2D eigenvalue weighted by molar-refractivity contribution is -0.193. The third-order valence-corrected chi connectivity index (χ3v) is 5.67. The van der Waals surface area contributed by atoms with Gasteiger partial charge in [-0.25, -0.2) is 14.7 Å². The van der Waals surface area contributed by atoms with Crippen molar-refractivity contribution in [2.75, 3.05) is 39.5 Å². The lowest BCUT2D eigenvalue weighted by atomic mass is 9.82. The number of amides is 1. The van der Waals surface area contributed by atoms with Gasteiger partial charge in [-0.15, -0.1) is 0 Å². The number of halogens is 6. The van der Waals surface area contributed by atoms with Crippen LogP contribution in [0.1, 0.15) is 12.0 Å². The molecule has 0 aliphatic carbocycles. The predicted octanol–water partition coefficient (Wildman–Crippen LogP) is 2.21. The highest BCUT2D eigenvalue weighted by molar-refractivity contribution is 5.78. The molecule has 0 saturated carbocycles. The number of hydrogen-bond acceptors (Lipinski definition) is 7. The number of aromatic nitrogens is 1. The van der Waals surface area contributed by atoms with E-state index in [1.807, 2.05) is 12.4 Å². The summed E-state index contributed by atoms with van der Waals surface area (Å²) in [6, 6.07) is 4.11. The Bertz CT molecular complexity index is 886. The molecule has 2 N–H and O–H groups in total. The van der Waals surface area contributed by atoms with Gasteiger partial charge in [0.2, 0.25) is 0 Å². The number of hydroxylamine groups is 2. The number of carboxylic acid groups (broad SMARTS) is 2. The minimum absolute atomic E-state index is 0.0608. The Kier molecular flexibility index (Phi) is 10.6. The molecule has 0 bridgehead atoms. The number of carbonyl (C=O) groups is 3. The summed E-state index contributed by atoms with van der Waals surface area (Å²) in [6.45, 7) is 5.54. The number of likely N-dealkylation sites (tertiary alicyclic amines) is 1.